The van der Waals surface area contributed by atoms with Crippen molar-refractivity contribution in [2.75, 3.05) is 0 Å². The second-order valence-corrected chi connectivity index (χ2v) is 5.46. The maximum absolute atomic E-state index is 11.4. The van der Waals surface area contributed by atoms with E-state index in [2.05, 4.69) is 4.74 Å². The lowest BCUT2D eigenvalue weighted by molar-refractivity contribution is -0.384. The van der Waals surface area contributed by atoms with E-state index < -0.39 is 16.9 Å². The third-order valence-electron chi connectivity index (χ3n) is 3.29. The molecule has 0 unspecified atom stereocenters. The first-order valence-electron chi connectivity index (χ1n) is 7.37. The fraction of sp³-hybridized carbons (Fsp3) is 0.111. The molecule has 2 rings (SSSR count). The predicted octanol–water partition coefficient (Wildman–Crippen LogP) is 4.41. The van der Waals surface area contributed by atoms with Crippen LogP contribution in [0.1, 0.15) is 18.9 Å². The molecule has 0 N–H and O–H groups in total. The average Bonchev–Trinajstić information content (AvgIpc) is 2.60. The summed E-state index contributed by atoms with van der Waals surface area (Å²) in [5.74, 6) is -1.46. The van der Waals surface area contributed by atoms with Gasteiger partial charge in [-0.2, -0.15) is 0 Å². The molecule has 2 aromatic carbocycles. The molecule has 0 aliphatic heterocycles. The third-order valence-corrected chi connectivity index (χ3v) is 3.54. The molecule has 0 aliphatic carbocycles. The van der Waals surface area contributed by atoms with E-state index in [4.69, 9.17) is 11.6 Å². The summed E-state index contributed by atoms with van der Waals surface area (Å²) in [5.41, 5.74) is 1.41. The van der Waals surface area contributed by atoms with Crippen molar-refractivity contribution in [2.24, 2.45) is 0 Å². The van der Waals surface area contributed by atoms with Crippen molar-refractivity contribution in [2.45, 2.75) is 13.3 Å². The van der Waals surface area contributed by atoms with Gasteiger partial charge in [-0.3, -0.25) is 14.9 Å². The van der Waals surface area contributed by atoms with Crippen LogP contribution in [0.2, 0.25) is 5.02 Å². The van der Waals surface area contributed by atoms with Gasteiger partial charge < -0.3 is 4.74 Å². The number of esters is 2. The Morgan fingerprint density at radius 1 is 1.20 bits per heavy atom. The number of ether oxygens (including phenoxy) is 1. The minimum absolute atomic E-state index is 0.0842. The highest BCUT2D eigenvalue weighted by molar-refractivity contribution is 6.30. The first-order chi connectivity index (χ1) is 11.9. The number of benzene rings is 2. The van der Waals surface area contributed by atoms with Gasteiger partial charge >= 0.3 is 11.9 Å². The van der Waals surface area contributed by atoms with E-state index in [1.807, 2.05) is 0 Å². The smallest absolute Gasteiger partial charge is 0.338 e. The molecular formula is C18H14ClNO5. The zero-order valence-electron chi connectivity index (χ0n) is 13.3. The summed E-state index contributed by atoms with van der Waals surface area (Å²) in [4.78, 5) is 33.3. The van der Waals surface area contributed by atoms with Crippen molar-refractivity contribution in [1.82, 2.24) is 0 Å². The maximum atomic E-state index is 11.4. The Kier molecular flexibility index (Phi) is 6.03. The minimum atomic E-state index is -0.823. The fourth-order valence-electron chi connectivity index (χ4n) is 2.06. The van der Waals surface area contributed by atoms with Crippen LogP contribution in [0.4, 0.5) is 5.69 Å². The van der Waals surface area contributed by atoms with Crippen molar-refractivity contribution >= 4 is 35.3 Å². The Balaban J connectivity index is 2.30. The highest BCUT2D eigenvalue weighted by atomic mass is 35.5. The quantitative estimate of drug-likeness (QED) is 0.259. The van der Waals surface area contributed by atoms with Gasteiger partial charge in [0.15, 0.2) is 0 Å². The van der Waals surface area contributed by atoms with Gasteiger partial charge in [-0.05, 0) is 35.4 Å². The second-order valence-electron chi connectivity index (χ2n) is 5.02. The predicted molar refractivity (Wildman–Crippen MR) is 94.0 cm³/mol. The third kappa shape index (κ3) is 4.99. The van der Waals surface area contributed by atoms with Gasteiger partial charge in [-0.1, -0.05) is 36.7 Å². The first-order valence-corrected chi connectivity index (χ1v) is 7.75. The monoisotopic (exact) mass is 359 g/mol. The Morgan fingerprint density at radius 2 is 1.88 bits per heavy atom. The molecular weight excluding hydrogens is 346 g/mol. The van der Waals surface area contributed by atoms with Gasteiger partial charge in [0, 0.05) is 23.6 Å². The van der Waals surface area contributed by atoms with E-state index in [0.717, 1.165) is 6.08 Å². The largest absolute Gasteiger partial charge is 0.390 e. The Morgan fingerprint density at radius 3 is 2.48 bits per heavy atom. The number of hydrogen-bond donors (Lipinski definition) is 0. The van der Waals surface area contributed by atoms with E-state index in [0.29, 0.717) is 21.7 Å². The molecule has 0 saturated heterocycles. The van der Waals surface area contributed by atoms with Crippen LogP contribution < -0.4 is 0 Å². The minimum Gasteiger partial charge on any atom is -0.390 e. The van der Waals surface area contributed by atoms with Gasteiger partial charge in [0.2, 0.25) is 0 Å². The zero-order chi connectivity index (χ0) is 18.4. The first kappa shape index (κ1) is 18.4. The van der Waals surface area contributed by atoms with Crippen molar-refractivity contribution in [1.29, 1.82) is 0 Å². The fourth-order valence-corrected chi connectivity index (χ4v) is 2.19. The standard InChI is InChI=1S/C18H14ClNO5/c1-2-17(21)25-18(22)10-4-12-3-9-15(16(11-12)20(23)24)13-5-7-14(19)8-6-13/h3-11H,2H2,1H3. The summed E-state index contributed by atoms with van der Waals surface area (Å²) in [6.07, 6.45) is 2.49. The molecule has 0 bridgehead atoms. The molecule has 0 heterocycles. The van der Waals surface area contributed by atoms with Crippen molar-refractivity contribution in [3.63, 3.8) is 0 Å². The molecule has 0 aliphatic rings. The lowest BCUT2D eigenvalue weighted by Gasteiger charge is -2.05. The van der Waals surface area contributed by atoms with Crippen LogP contribution in [0.3, 0.4) is 0 Å². The molecule has 0 atom stereocenters. The van der Waals surface area contributed by atoms with E-state index in [1.165, 1.54) is 12.1 Å². The van der Waals surface area contributed by atoms with Crippen LogP contribution >= 0.6 is 11.6 Å². The Labute approximate surface area is 148 Å². The lowest BCUT2D eigenvalue weighted by Crippen LogP contribution is -2.08. The Bertz CT molecular complexity index is 843. The van der Waals surface area contributed by atoms with Crippen LogP contribution in [-0.2, 0) is 14.3 Å². The Hall–Kier alpha value is -2.99. The van der Waals surface area contributed by atoms with Gasteiger partial charge in [-0.25, -0.2) is 4.79 Å². The zero-order valence-corrected chi connectivity index (χ0v) is 14.0. The van der Waals surface area contributed by atoms with E-state index >= 15 is 0 Å². The van der Waals surface area contributed by atoms with Crippen molar-refractivity contribution < 1.29 is 19.2 Å². The summed E-state index contributed by atoms with van der Waals surface area (Å²) in [7, 11) is 0. The van der Waals surface area contributed by atoms with E-state index in [9.17, 15) is 19.7 Å². The molecule has 0 spiro atoms. The number of carbonyl (C=O) groups is 2. The number of hydrogen-bond acceptors (Lipinski definition) is 5. The molecule has 0 saturated carbocycles. The molecule has 0 fully saturated rings. The molecule has 0 amide bonds. The number of nitro groups is 1. The molecule has 25 heavy (non-hydrogen) atoms. The van der Waals surface area contributed by atoms with Crippen LogP contribution in [0, 0.1) is 10.1 Å². The van der Waals surface area contributed by atoms with Gasteiger partial charge in [0.05, 0.1) is 10.5 Å². The van der Waals surface area contributed by atoms with Crippen LogP contribution in [0.15, 0.2) is 48.5 Å². The SMILES string of the molecule is CCC(=O)OC(=O)C=Cc1ccc(-c2ccc(Cl)cc2)c([N+](=O)[O-])c1. The summed E-state index contributed by atoms with van der Waals surface area (Å²) < 4.78 is 4.49. The second kappa shape index (κ2) is 8.21. The van der Waals surface area contributed by atoms with E-state index in [1.54, 1.807) is 43.3 Å². The van der Waals surface area contributed by atoms with Gasteiger partial charge in [-0.15, -0.1) is 0 Å². The van der Waals surface area contributed by atoms with Crippen LogP contribution in [0.5, 0.6) is 0 Å². The number of carbonyl (C=O) groups excluding carboxylic acids is 2. The molecule has 7 heteroatoms. The van der Waals surface area contributed by atoms with Crippen molar-refractivity contribution in [3.8, 4) is 11.1 Å². The summed E-state index contributed by atoms with van der Waals surface area (Å²) in [5, 5.41) is 11.9. The number of rotatable bonds is 5. The summed E-state index contributed by atoms with van der Waals surface area (Å²) >= 11 is 5.83. The average molecular weight is 360 g/mol. The normalized spacial score (nSPS) is 10.6. The van der Waals surface area contributed by atoms with Crippen LogP contribution in [0.25, 0.3) is 17.2 Å². The topological polar surface area (TPSA) is 86.5 Å². The highest BCUT2D eigenvalue weighted by Gasteiger charge is 2.15. The van der Waals surface area contributed by atoms with Gasteiger partial charge in [0.25, 0.3) is 5.69 Å². The number of halogens is 1. The van der Waals surface area contributed by atoms with Crippen molar-refractivity contribution in [3.05, 3.63) is 69.2 Å². The van der Waals surface area contributed by atoms with Crippen LogP contribution in [-0.4, -0.2) is 16.9 Å². The molecule has 128 valence electrons. The lowest BCUT2D eigenvalue weighted by atomic mass is 10.0. The molecule has 2 aromatic rings. The number of nitrogens with zero attached hydrogens (tertiary/aromatic N) is 1. The molecule has 0 aromatic heterocycles. The summed E-state index contributed by atoms with van der Waals surface area (Å²) in [6.45, 7) is 1.57. The maximum Gasteiger partial charge on any atom is 0.338 e. The molecule has 6 nitrogen and oxygen atoms in total. The highest BCUT2D eigenvalue weighted by Crippen LogP contribution is 2.31. The number of nitro benzene ring substituents is 1. The van der Waals surface area contributed by atoms with Gasteiger partial charge in [0.1, 0.15) is 0 Å². The molecule has 0 radical (unpaired) electrons. The van der Waals surface area contributed by atoms with E-state index in [-0.39, 0.29) is 12.1 Å². The summed E-state index contributed by atoms with van der Waals surface area (Å²) in [6, 6.07) is 11.2.